The van der Waals surface area contributed by atoms with Gasteiger partial charge in [0.15, 0.2) is 0 Å². The first kappa shape index (κ1) is 20.0. The van der Waals surface area contributed by atoms with Gasteiger partial charge in [-0.05, 0) is 18.9 Å². The molecule has 0 aromatic heterocycles. The highest BCUT2D eigenvalue weighted by Crippen LogP contribution is 2.20. The van der Waals surface area contributed by atoms with Crippen LogP contribution in [0.2, 0.25) is 0 Å². The fraction of sp³-hybridized carbons (Fsp3) is 0.600. The van der Waals surface area contributed by atoms with Crippen LogP contribution in [-0.2, 0) is 16.0 Å². The van der Waals surface area contributed by atoms with E-state index in [9.17, 15) is 9.59 Å². The Kier molecular flexibility index (Phi) is 7.41. The van der Waals surface area contributed by atoms with Gasteiger partial charge in [-0.15, -0.1) is 0 Å². The van der Waals surface area contributed by atoms with Gasteiger partial charge >= 0.3 is 0 Å². The molecule has 0 saturated carbocycles. The lowest BCUT2D eigenvalue weighted by atomic mass is 10.0. The highest BCUT2D eigenvalue weighted by molar-refractivity contribution is 7.99. The van der Waals surface area contributed by atoms with E-state index in [1.807, 2.05) is 40.9 Å². The predicted octanol–water partition coefficient (Wildman–Crippen LogP) is 1.44. The summed E-state index contributed by atoms with van der Waals surface area (Å²) < 4.78 is 5.33. The third kappa shape index (κ3) is 5.87. The van der Waals surface area contributed by atoms with Crippen LogP contribution in [-0.4, -0.2) is 67.0 Å². The summed E-state index contributed by atoms with van der Waals surface area (Å²) in [7, 11) is 1.62. The molecule has 2 aliphatic heterocycles. The SMILES string of the molecule is COc1ccccc1CC(=O)N1CCC(NC(=O)CC2CSCCN2)CC1. The minimum Gasteiger partial charge on any atom is -0.496 e. The van der Waals surface area contributed by atoms with Crippen LogP contribution in [0.5, 0.6) is 5.75 Å². The van der Waals surface area contributed by atoms with Crippen LogP contribution < -0.4 is 15.4 Å². The molecule has 0 radical (unpaired) electrons. The van der Waals surface area contributed by atoms with E-state index in [-0.39, 0.29) is 23.9 Å². The largest absolute Gasteiger partial charge is 0.496 e. The number of ether oxygens (including phenoxy) is 1. The molecular weight excluding hydrogens is 362 g/mol. The van der Waals surface area contributed by atoms with E-state index in [0.29, 0.717) is 25.9 Å². The van der Waals surface area contributed by atoms with E-state index in [1.165, 1.54) is 0 Å². The maximum atomic E-state index is 12.6. The molecular formula is C20H29N3O3S. The number of amides is 2. The van der Waals surface area contributed by atoms with E-state index in [2.05, 4.69) is 10.6 Å². The molecule has 7 heteroatoms. The molecule has 3 rings (SSSR count). The monoisotopic (exact) mass is 391 g/mol. The number of thioether (sulfide) groups is 1. The zero-order valence-corrected chi connectivity index (χ0v) is 16.7. The Morgan fingerprint density at radius 3 is 2.78 bits per heavy atom. The van der Waals surface area contributed by atoms with Crippen molar-refractivity contribution in [2.24, 2.45) is 0 Å². The fourth-order valence-electron chi connectivity index (χ4n) is 3.66. The molecule has 0 bridgehead atoms. The summed E-state index contributed by atoms with van der Waals surface area (Å²) in [6, 6.07) is 8.09. The number of carbonyl (C=O) groups excluding carboxylic acids is 2. The van der Waals surface area contributed by atoms with Gasteiger partial charge in [0, 0.05) is 55.2 Å². The van der Waals surface area contributed by atoms with E-state index < -0.39 is 0 Å². The van der Waals surface area contributed by atoms with Crippen molar-refractivity contribution >= 4 is 23.6 Å². The number of nitrogens with zero attached hydrogens (tertiary/aromatic N) is 1. The van der Waals surface area contributed by atoms with Crippen molar-refractivity contribution in [1.29, 1.82) is 0 Å². The Hall–Kier alpha value is -1.73. The molecule has 2 saturated heterocycles. The van der Waals surface area contributed by atoms with Crippen molar-refractivity contribution in [3.8, 4) is 5.75 Å². The predicted molar refractivity (Wildman–Crippen MR) is 108 cm³/mol. The van der Waals surface area contributed by atoms with Crippen molar-refractivity contribution in [2.45, 2.75) is 37.8 Å². The molecule has 27 heavy (non-hydrogen) atoms. The molecule has 1 aromatic carbocycles. The average molecular weight is 392 g/mol. The summed E-state index contributed by atoms with van der Waals surface area (Å²) in [6.07, 6.45) is 2.53. The number of methoxy groups -OCH3 is 1. The third-order valence-corrected chi connectivity index (χ3v) is 6.31. The maximum absolute atomic E-state index is 12.6. The molecule has 6 nitrogen and oxygen atoms in total. The quantitative estimate of drug-likeness (QED) is 0.768. The highest BCUT2D eigenvalue weighted by Gasteiger charge is 2.25. The number of hydrogen-bond donors (Lipinski definition) is 2. The summed E-state index contributed by atoms with van der Waals surface area (Å²) in [6.45, 7) is 2.36. The van der Waals surface area contributed by atoms with Gasteiger partial charge < -0.3 is 20.3 Å². The molecule has 1 atom stereocenters. The van der Waals surface area contributed by atoms with Gasteiger partial charge in [-0.25, -0.2) is 0 Å². The topological polar surface area (TPSA) is 70.7 Å². The van der Waals surface area contributed by atoms with Gasteiger partial charge in [-0.1, -0.05) is 18.2 Å². The number of likely N-dealkylation sites (tertiary alicyclic amines) is 1. The van der Waals surface area contributed by atoms with Crippen LogP contribution in [0, 0.1) is 0 Å². The van der Waals surface area contributed by atoms with E-state index >= 15 is 0 Å². The normalized spacial score (nSPS) is 20.9. The van der Waals surface area contributed by atoms with E-state index in [0.717, 1.165) is 42.2 Å². The van der Waals surface area contributed by atoms with Gasteiger partial charge in [0.2, 0.25) is 11.8 Å². The standard InChI is InChI=1S/C20H29N3O3S/c1-26-18-5-3-2-4-15(18)12-20(25)23-9-6-16(7-10-23)22-19(24)13-17-14-27-11-8-21-17/h2-5,16-17,21H,6-14H2,1H3,(H,22,24). The molecule has 2 heterocycles. The van der Waals surface area contributed by atoms with Crippen LogP contribution in [0.25, 0.3) is 0 Å². The van der Waals surface area contributed by atoms with Gasteiger partial charge in [0.1, 0.15) is 5.75 Å². The Morgan fingerprint density at radius 2 is 2.07 bits per heavy atom. The molecule has 1 aromatic rings. The molecule has 148 valence electrons. The minimum atomic E-state index is 0.118. The first-order valence-electron chi connectivity index (χ1n) is 9.66. The second-order valence-corrected chi connectivity index (χ2v) is 8.29. The summed E-state index contributed by atoms with van der Waals surface area (Å²) in [5, 5.41) is 6.54. The number of carbonyl (C=O) groups is 2. The Labute approximate surface area is 165 Å². The van der Waals surface area contributed by atoms with Gasteiger partial charge in [-0.3, -0.25) is 9.59 Å². The molecule has 2 fully saturated rings. The minimum absolute atomic E-state index is 0.118. The lowest BCUT2D eigenvalue weighted by molar-refractivity contribution is -0.131. The number of rotatable bonds is 6. The molecule has 2 amide bonds. The van der Waals surface area contributed by atoms with Crippen LogP contribution >= 0.6 is 11.8 Å². The molecule has 2 N–H and O–H groups in total. The van der Waals surface area contributed by atoms with E-state index in [1.54, 1.807) is 7.11 Å². The van der Waals surface area contributed by atoms with Gasteiger partial charge in [0.05, 0.1) is 13.5 Å². The molecule has 0 aliphatic carbocycles. The van der Waals surface area contributed by atoms with Crippen molar-refractivity contribution in [3.63, 3.8) is 0 Å². The first-order valence-corrected chi connectivity index (χ1v) is 10.8. The summed E-state index contributed by atoms with van der Waals surface area (Å²) in [5.74, 6) is 3.12. The Morgan fingerprint density at radius 1 is 1.30 bits per heavy atom. The number of nitrogens with one attached hydrogen (secondary N) is 2. The number of para-hydroxylation sites is 1. The van der Waals surface area contributed by atoms with Crippen molar-refractivity contribution < 1.29 is 14.3 Å². The first-order chi connectivity index (χ1) is 13.2. The van der Waals surface area contributed by atoms with Crippen molar-refractivity contribution in [2.75, 3.05) is 38.2 Å². The van der Waals surface area contributed by atoms with Crippen LogP contribution in [0.1, 0.15) is 24.8 Å². The number of benzene rings is 1. The Balaban J connectivity index is 1.41. The Bertz CT molecular complexity index is 641. The van der Waals surface area contributed by atoms with Gasteiger partial charge in [-0.2, -0.15) is 11.8 Å². The van der Waals surface area contributed by atoms with Crippen LogP contribution in [0.15, 0.2) is 24.3 Å². The van der Waals surface area contributed by atoms with Crippen molar-refractivity contribution in [3.05, 3.63) is 29.8 Å². The number of piperidine rings is 1. The smallest absolute Gasteiger partial charge is 0.227 e. The zero-order chi connectivity index (χ0) is 19.1. The lowest BCUT2D eigenvalue weighted by Gasteiger charge is -2.33. The van der Waals surface area contributed by atoms with Gasteiger partial charge in [0.25, 0.3) is 0 Å². The lowest BCUT2D eigenvalue weighted by Crippen LogP contribution is -2.48. The molecule has 0 spiro atoms. The molecule has 2 aliphatic rings. The van der Waals surface area contributed by atoms with Crippen molar-refractivity contribution in [1.82, 2.24) is 15.5 Å². The third-order valence-electron chi connectivity index (χ3n) is 5.18. The average Bonchev–Trinajstić information content (AvgIpc) is 2.69. The summed E-state index contributed by atoms with van der Waals surface area (Å²) in [4.78, 5) is 26.7. The van der Waals surface area contributed by atoms with E-state index in [4.69, 9.17) is 4.74 Å². The van der Waals surface area contributed by atoms with Crippen LogP contribution in [0.3, 0.4) is 0 Å². The van der Waals surface area contributed by atoms with Crippen LogP contribution in [0.4, 0.5) is 0 Å². The summed E-state index contributed by atoms with van der Waals surface area (Å²) in [5.41, 5.74) is 0.915. The summed E-state index contributed by atoms with van der Waals surface area (Å²) >= 11 is 1.90. The second kappa shape index (κ2) is 9.99. The number of hydrogen-bond acceptors (Lipinski definition) is 5. The highest BCUT2D eigenvalue weighted by atomic mass is 32.2. The maximum Gasteiger partial charge on any atom is 0.227 e. The fourth-order valence-corrected chi connectivity index (χ4v) is 4.61. The second-order valence-electron chi connectivity index (χ2n) is 7.14. The zero-order valence-electron chi connectivity index (χ0n) is 15.9. The molecule has 1 unspecified atom stereocenters.